The number of hydrogen-bond donors (Lipinski definition) is 2. The maximum Gasteiger partial charge on any atom is 0.221 e. The van der Waals surface area contributed by atoms with Crippen LogP contribution in [0.2, 0.25) is 0 Å². The molecular formula is C7H12N4O. The Balaban J connectivity index is 2.37. The molecule has 0 spiro atoms. The van der Waals surface area contributed by atoms with Crippen LogP contribution >= 0.6 is 0 Å². The third-order valence-corrected chi connectivity index (χ3v) is 2.08. The Bertz CT molecular complexity index is 283. The van der Waals surface area contributed by atoms with Crippen LogP contribution in [-0.4, -0.2) is 26.4 Å². The number of aliphatic hydroxyl groups is 1. The third kappa shape index (κ3) is 1.06. The Labute approximate surface area is 70.4 Å². The van der Waals surface area contributed by atoms with Gasteiger partial charge in [-0.05, 0) is 13.3 Å². The number of aliphatic hydroxyl groups excluding tert-OH is 1. The summed E-state index contributed by atoms with van der Waals surface area (Å²) in [5.41, 5.74) is 0. The van der Waals surface area contributed by atoms with Gasteiger partial charge >= 0.3 is 0 Å². The van der Waals surface area contributed by atoms with Crippen molar-refractivity contribution < 1.29 is 5.11 Å². The summed E-state index contributed by atoms with van der Waals surface area (Å²) in [6.07, 6.45) is 1.06. The lowest BCUT2D eigenvalue weighted by atomic mass is 10.2. The van der Waals surface area contributed by atoms with Crippen LogP contribution in [0.15, 0.2) is 0 Å². The summed E-state index contributed by atoms with van der Waals surface area (Å²) in [5, 5.41) is 16.1. The second kappa shape index (κ2) is 2.75. The van der Waals surface area contributed by atoms with Gasteiger partial charge < -0.3 is 10.4 Å². The molecule has 2 rings (SSSR count). The quantitative estimate of drug-likeness (QED) is 0.626. The van der Waals surface area contributed by atoms with E-state index in [1.165, 1.54) is 0 Å². The number of rotatable bonds is 1. The van der Waals surface area contributed by atoms with E-state index in [0.29, 0.717) is 11.9 Å². The van der Waals surface area contributed by atoms with Gasteiger partial charge in [0, 0.05) is 6.54 Å². The molecule has 5 nitrogen and oxygen atoms in total. The predicted octanol–water partition coefficient (Wildman–Crippen LogP) is 0.147. The summed E-state index contributed by atoms with van der Waals surface area (Å²) in [6, 6.07) is 0.383. The molecule has 5 heteroatoms. The van der Waals surface area contributed by atoms with E-state index in [9.17, 15) is 0 Å². The van der Waals surface area contributed by atoms with Crippen molar-refractivity contribution in [1.29, 1.82) is 0 Å². The van der Waals surface area contributed by atoms with Crippen molar-refractivity contribution in [3.8, 4) is 0 Å². The molecule has 1 aromatic heterocycles. The smallest absolute Gasteiger partial charge is 0.221 e. The second-order valence-corrected chi connectivity index (χ2v) is 3.02. The molecule has 0 saturated carbocycles. The average molecular weight is 168 g/mol. The molecule has 66 valence electrons. The van der Waals surface area contributed by atoms with Crippen molar-refractivity contribution in [3.63, 3.8) is 0 Å². The van der Waals surface area contributed by atoms with Crippen molar-refractivity contribution in [3.05, 3.63) is 5.82 Å². The van der Waals surface area contributed by atoms with Crippen molar-refractivity contribution in [2.45, 2.75) is 26.0 Å². The number of nitrogens with zero attached hydrogens (tertiary/aromatic N) is 3. The van der Waals surface area contributed by atoms with Gasteiger partial charge in [-0.1, -0.05) is 0 Å². The lowest BCUT2D eigenvalue weighted by Crippen LogP contribution is -2.21. The third-order valence-electron chi connectivity index (χ3n) is 2.08. The standard InChI is InChI=1S/C7H12N4O/c1-5-2-3-8-7-9-6(4-12)10-11(5)7/h5,12H,2-4H2,1H3,(H,8,9,10). The molecule has 0 fully saturated rings. The van der Waals surface area contributed by atoms with Crippen LogP contribution in [0.25, 0.3) is 0 Å². The summed E-state index contributed by atoms with van der Waals surface area (Å²) in [4.78, 5) is 4.11. The molecule has 12 heavy (non-hydrogen) atoms. The van der Waals surface area contributed by atoms with Crippen LogP contribution in [-0.2, 0) is 6.61 Å². The zero-order valence-electron chi connectivity index (χ0n) is 6.99. The first-order valence-corrected chi connectivity index (χ1v) is 4.11. The summed E-state index contributed by atoms with van der Waals surface area (Å²) in [7, 11) is 0. The number of fused-ring (bicyclic) bond motifs is 1. The van der Waals surface area contributed by atoms with E-state index in [-0.39, 0.29) is 6.61 Å². The summed E-state index contributed by atoms with van der Waals surface area (Å²) in [5.74, 6) is 1.27. The SMILES string of the molecule is CC1CCNc2nc(CO)nn21. The van der Waals surface area contributed by atoms with Gasteiger partial charge in [0.15, 0.2) is 5.82 Å². The Kier molecular flexibility index (Phi) is 1.73. The van der Waals surface area contributed by atoms with Crippen LogP contribution < -0.4 is 5.32 Å². The monoisotopic (exact) mass is 168 g/mol. The minimum Gasteiger partial charge on any atom is -0.388 e. The number of aromatic nitrogens is 3. The van der Waals surface area contributed by atoms with Crippen LogP contribution in [0.4, 0.5) is 5.95 Å². The van der Waals surface area contributed by atoms with Crippen LogP contribution in [0, 0.1) is 0 Å². The van der Waals surface area contributed by atoms with Crippen LogP contribution in [0.1, 0.15) is 25.2 Å². The van der Waals surface area contributed by atoms with E-state index in [0.717, 1.165) is 18.9 Å². The molecule has 0 saturated heterocycles. The number of hydrogen-bond acceptors (Lipinski definition) is 4. The average Bonchev–Trinajstić information content (AvgIpc) is 2.49. The van der Waals surface area contributed by atoms with Gasteiger partial charge in [-0.15, -0.1) is 0 Å². The lowest BCUT2D eigenvalue weighted by Gasteiger charge is -2.20. The Morgan fingerprint density at radius 2 is 2.58 bits per heavy atom. The van der Waals surface area contributed by atoms with E-state index in [1.807, 2.05) is 4.68 Å². The summed E-state index contributed by atoms with van der Waals surface area (Å²) < 4.78 is 1.83. The first-order chi connectivity index (χ1) is 5.81. The number of nitrogens with one attached hydrogen (secondary N) is 1. The van der Waals surface area contributed by atoms with E-state index < -0.39 is 0 Å². The van der Waals surface area contributed by atoms with Gasteiger partial charge in [-0.2, -0.15) is 10.1 Å². The van der Waals surface area contributed by atoms with Gasteiger partial charge in [0.2, 0.25) is 5.95 Å². The van der Waals surface area contributed by atoms with Crippen molar-refractivity contribution in [1.82, 2.24) is 14.8 Å². The van der Waals surface area contributed by atoms with Crippen LogP contribution in [0.3, 0.4) is 0 Å². The number of anilines is 1. The Morgan fingerprint density at radius 3 is 3.25 bits per heavy atom. The highest BCUT2D eigenvalue weighted by Crippen LogP contribution is 2.20. The van der Waals surface area contributed by atoms with E-state index in [2.05, 4.69) is 22.3 Å². The van der Waals surface area contributed by atoms with E-state index in [1.54, 1.807) is 0 Å². The van der Waals surface area contributed by atoms with Crippen molar-refractivity contribution in [2.75, 3.05) is 11.9 Å². The maximum atomic E-state index is 8.81. The minimum absolute atomic E-state index is 0.0889. The molecule has 0 radical (unpaired) electrons. The fourth-order valence-corrected chi connectivity index (χ4v) is 1.38. The zero-order chi connectivity index (χ0) is 8.55. The molecule has 1 aliphatic rings. The fraction of sp³-hybridized carbons (Fsp3) is 0.714. The van der Waals surface area contributed by atoms with Crippen molar-refractivity contribution >= 4 is 5.95 Å². The van der Waals surface area contributed by atoms with Gasteiger partial charge in [0.25, 0.3) is 0 Å². The van der Waals surface area contributed by atoms with Gasteiger partial charge in [-0.25, -0.2) is 4.68 Å². The maximum absolute atomic E-state index is 8.81. The highest BCUT2D eigenvalue weighted by molar-refractivity contribution is 5.27. The first-order valence-electron chi connectivity index (χ1n) is 4.11. The molecule has 1 atom stereocenters. The molecule has 2 N–H and O–H groups in total. The highest BCUT2D eigenvalue weighted by Gasteiger charge is 2.18. The molecule has 0 bridgehead atoms. The zero-order valence-corrected chi connectivity index (χ0v) is 6.99. The Hall–Kier alpha value is -1.10. The molecule has 2 heterocycles. The molecule has 1 unspecified atom stereocenters. The first kappa shape index (κ1) is 7.54. The molecular weight excluding hydrogens is 156 g/mol. The largest absolute Gasteiger partial charge is 0.388 e. The normalized spacial score (nSPS) is 21.7. The van der Waals surface area contributed by atoms with Crippen molar-refractivity contribution in [2.24, 2.45) is 0 Å². The highest BCUT2D eigenvalue weighted by atomic mass is 16.3. The van der Waals surface area contributed by atoms with Gasteiger partial charge in [0.1, 0.15) is 6.61 Å². The van der Waals surface area contributed by atoms with Crippen LogP contribution in [0.5, 0.6) is 0 Å². The summed E-state index contributed by atoms with van der Waals surface area (Å²) >= 11 is 0. The van der Waals surface area contributed by atoms with E-state index >= 15 is 0 Å². The molecule has 0 aromatic carbocycles. The predicted molar refractivity (Wildman–Crippen MR) is 43.8 cm³/mol. The van der Waals surface area contributed by atoms with Gasteiger partial charge in [-0.3, -0.25) is 0 Å². The second-order valence-electron chi connectivity index (χ2n) is 3.02. The fourth-order valence-electron chi connectivity index (χ4n) is 1.38. The Morgan fingerprint density at radius 1 is 1.75 bits per heavy atom. The summed E-state index contributed by atoms with van der Waals surface area (Å²) in [6.45, 7) is 2.94. The van der Waals surface area contributed by atoms with E-state index in [4.69, 9.17) is 5.11 Å². The lowest BCUT2D eigenvalue weighted by molar-refractivity contribution is 0.269. The topological polar surface area (TPSA) is 63.0 Å². The minimum atomic E-state index is -0.0889. The molecule has 0 amide bonds. The molecule has 1 aromatic rings. The molecule has 0 aliphatic carbocycles. The van der Waals surface area contributed by atoms with Gasteiger partial charge in [0.05, 0.1) is 6.04 Å². The molecule has 1 aliphatic heterocycles.